The molecule has 0 radical (unpaired) electrons. The van der Waals surface area contributed by atoms with E-state index in [-0.39, 0.29) is 12.4 Å². The number of benzene rings is 3. The normalized spacial score (nSPS) is 12.4. The number of halogens is 1. The van der Waals surface area contributed by atoms with Gasteiger partial charge in [0.1, 0.15) is 12.4 Å². The van der Waals surface area contributed by atoms with E-state index in [4.69, 9.17) is 9.47 Å². The van der Waals surface area contributed by atoms with E-state index in [1.807, 2.05) is 83.3 Å². The Labute approximate surface area is 207 Å². The van der Waals surface area contributed by atoms with Gasteiger partial charge in [0, 0.05) is 18.4 Å². The molecule has 0 aliphatic carbocycles. The minimum atomic E-state index is -0.796. The maximum Gasteiger partial charge on any atom is 0.171 e. The van der Waals surface area contributed by atoms with Crippen LogP contribution in [-0.2, 0) is 0 Å². The summed E-state index contributed by atoms with van der Waals surface area (Å²) in [6, 6.07) is 22.3. The zero-order valence-corrected chi connectivity index (χ0v) is 20.5. The molecule has 3 aromatic rings. The number of hydrogen-bond acceptors (Lipinski definition) is 5. The molecule has 3 aromatic carbocycles. The third-order valence-corrected chi connectivity index (χ3v) is 5.91. The zero-order chi connectivity index (χ0) is 23.6. The molecule has 3 rings (SSSR count). The fourth-order valence-electron chi connectivity index (χ4n) is 3.27. The summed E-state index contributed by atoms with van der Waals surface area (Å²) in [5, 5.41) is 31.3. The molecule has 6 heteroatoms. The molecule has 0 spiro atoms. The molecule has 0 unspecified atom stereocenters. The van der Waals surface area contributed by atoms with Gasteiger partial charge in [-0.2, -0.15) is 0 Å². The van der Waals surface area contributed by atoms with Crippen molar-refractivity contribution in [3.05, 3.63) is 105 Å². The maximum atomic E-state index is 10.7. The number of rotatable bonds is 10. The Hall–Kier alpha value is -2.77. The lowest BCUT2D eigenvalue weighted by molar-refractivity contribution is 0.173. The second-order valence-corrected chi connectivity index (χ2v) is 8.65. The molecule has 0 aromatic heterocycles. The maximum absolute atomic E-state index is 10.7. The van der Waals surface area contributed by atoms with Gasteiger partial charge in [0.05, 0.1) is 22.9 Å². The van der Waals surface area contributed by atoms with Gasteiger partial charge in [0.15, 0.2) is 11.5 Å². The van der Waals surface area contributed by atoms with Crippen LogP contribution in [0.3, 0.4) is 0 Å². The third-order valence-electron chi connectivity index (χ3n) is 5.08. The van der Waals surface area contributed by atoms with Crippen molar-refractivity contribution in [2.75, 3.05) is 13.7 Å². The van der Waals surface area contributed by atoms with Crippen molar-refractivity contribution in [3.8, 4) is 17.2 Å². The van der Waals surface area contributed by atoms with Crippen LogP contribution in [0.25, 0.3) is 0 Å². The van der Waals surface area contributed by atoms with Crippen LogP contribution < -0.4 is 9.47 Å². The SMILES string of the molecule is COc1cc([C@H](O)CC=C=C(COc2ccccc2)C[C@@H](O)c2ccccc2)cc(I)c1O. The van der Waals surface area contributed by atoms with Crippen LogP contribution in [0.5, 0.6) is 17.2 Å². The number of para-hydroxylation sites is 1. The van der Waals surface area contributed by atoms with E-state index in [1.54, 1.807) is 18.2 Å². The average Bonchev–Trinajstić information content (AvgIpc) is 2.85. The van der Waals surface area contributed by atoms with Crippen molar-refractivity contribution in [3.63, 3.8) is 0 Å². The second kappa shape index (κ2) is 12.5. The van der Waals surface area contributed by atoms with Gasteiger partial charge < -0.3 is 24.8 Å². The Morgan fingerprint density at radius 1 is 0.970 bits per heavy atom. The summed E-state index contributed by atoms with van der Waals surface area (Å²) in [5.41, 5.74) is 5.45. The molecule has 0 saturated heterocycles. The Morgan fingerprint density at radius 2 is 1.64 bits per heavy atom. The zero-order valence-electron chi connectivity index (χ0n) is 18.3. The van der Waals surface area contributed by atoms with E-state index >= 15 is 0 Å². The predicted molar refractivity (Wildman–Crippen MR) is 137 cm³/mol. The molecule has 5 nitrogen and oxygen atoms in total. The number of aromatic hydroxyl groups is 1. The van der Waals surface area contributed by atoms with Gasteiger partial charge >= 0.3 is 0 Å². The van der Waals surface area contributed by atoms with Gasteiger partial charge in [-0.1, -0.05) is 48.5 Å². The van der Waals surface area contributed by atoms with E-state index in [2.05, 4.69) is 5.73 Å². The van der Waals surface area contributed by atoms with Crippen molar-refractivity contribution in [2.24, 2.45) is 0 Å². The molecular weight excluding hydrogens is 531 g/mol. The molecule has 0 saturated carbocycles. The lowest BCUT2D eigenvalue weighted by atomic mass is 10.0. The third kappa shape index (κ3) is 7.37. The lowest BCUT2D eigenvalue weighted by Gasteiger charge is -2.14. The van der Waals surface area contributed by atoms with Gasteiger partial charge in [-0.3, -0.25) is 0 Å². The summed E-state index contributed by atoms with van der Waals surface area (Å²) < 4.78 is 11.6. The topological polar surface area (TPSA) is 79.2 Å². The first-order chi connectivity index (χ1) is 16.0. The highest BCUT2D eigenvalue weighted by atomic mass is 127. The highest BCUT2D eigenvalue weighted by Crippen LogP contribution is 2.35. The van der Waals surface area contributed by atoms with Crippen molar-refractivity contribution in [1.82, 2.24) is 0 Å². The largest absolute Gasteiger partial charge is 0.504 e. The number of methoxy groups -OCH3 is 1. The lowest BCUT2D eigenvalue weighted by Crippen LogP contribution is -2.06. The second-order valence-electron chi connectivity index (χ2n) is 7.49. The van der Waals surface area contributed by atoms with Crippen molar-refractivity contribution < 1.29 is 24.8 Å². The summed E-state index contributed by atoms with van der Waals surface area (Å²) in [7, 11) is 1.47. The standard InChI is InChI=1S/C27H27IO5/c1-32-26-17-21(16-23(28)27(26)31)24(29)14-8-9-19(18-33-22-12-6-3-7-13-22)15-25(30)20-10-4-2-5-11-20/h2-8,10-13,16-17,24-25,29-31H,14-15,18H2,1H3/t9?,24-,25-/m1/s1. The Kier molecular flexibility index (Phi) is 9.39. The van der Waals surface area contributed by atoms with Gasteiger partial charge in [0.25, 0.3) is 0 Å². The van der Waals surface area contributed by atoms with Gasteiger partial charge in [-0.05, 0) is 64.1 Å². The van der Waals surface area contributed by atoms with E-state index in [0.717, 1.165) is 16.9 Å². The first kappa shape index (κ1) is 24.9. The summed E-state index contributed by atoms with van der Waals surface area (Å²) >= 11 is 2.00. The summed E-state index contributed by atoms with van der Waals surface area (Å²) in [4.78, 5) is 0. The number of phenols is 1. The molecule has 0 bridgehead atoms. The highest BCUT2D eigenvalue weighted by molar-refractivity contribution is 14.1. The number of ether oxygens (including phenoxy) is 2. The molecule has 0 heterocycles. The monoisotopic (exact) mass is 558 g/mol. The minimum absolute atomic E-state index is 0.0553. The molecule has 172 valence electrons. The van der Waals surface area contributed by atoms with Gasteiger partial charge in [-0.25, -0.2) is 0 Å². The first-order valence-corrected chi connectivity index (χ1v) is 11.6. The quantitative estimate of drug-likeness (QED) is 0.220. The summed E-state index contributed by atoms with van der Waals surface area (Å²) in [6.45, 7) is 0.269. The molecule has 0 aliphatic heterocycles. The fraction of sp³-hybridized carbons (Fsp3) is 0.222. The van der Waals surface area contributed by atoms with Crippen LogP contribution >= 0.6 is 22.6 Å². The molecule has 2 atom stereocenters. The van der Waals surface area contributed by atoms with Crippen molar-refractivity contribution in [1.29, 1.82) is 0 Å². The van der Waals surface area contributed by atoms with Crippen LogP contribution in [0.1, 0.15) is 36.2 Å². The summed E-state index contributed by atoms with van der Waals surface area (Å²) in [5.74, 6) is 1.11. The first-order valence-electron chi connectivity index (χ1n) is 10.6. The van der Waals surface area contributed by atoms with Crippen molar-refractivity contribution in [2.45, 2.75) is 25.0 Å². The molecule has 0 fully saturated rings. The smallest absolute Gasteiger partial charge is 0.171 e. The predicted octanol–water partition coefficient (Wildman–Crippen LogP) is 5.71. The van der Waals surface area contributed by atoms with E-state index in [9.17, 15) is 15.3 Å². The Bertz CT molecular complexity index is 1090. The number of phenolic OH excluding ortho intramolecular Hbond substituents is 1. The molecule has 0 aliphatic rings. The van der Waals surface area contributed by atoms with E-state index in [1.165, 1.54) is 7.11 Å². The molecular formula is C27H27IO5. The van der Waals surface area contributed by atoms with Crippen LogP contribution in [0, 0.1) is 3.57 Å². The van der Waals surface area contributed by atoms with Crippen LogP contribution in [0.15, 0.2) is 90.2 Å². The van der Waals surface area contributed by atoms with Gasteiger partial charge in [0.2, 0.25) is 0 Å². The van der Waals surface area contributed by atoms with E-state index in [0.29, 0.717) is 27.7 Å². The van der Waals surface area contributed by atoms with Crippen LogP contribution in [0.2, 0.25) is 0 Å². The number of aliphatic hydroxyl groups excluding tert-OH is 2. The molecule has 33 heavy (non-hydrogen) atoms. The number of hydrogen-bond donors (Lipinski definition) is 3. The average molecular weight is 558 g/mol. The Balaban J connectivity index is 1.76. The highest BCUT2D eigenvalue weighted by Gasteiger charge is 2.14. The van der Waals surface area contributed by atoms with Crippen molar-refractivity contribution >= 4 is 22.6 Å². The summed E-state index contributed by atoms with van der Waals surface area (Å²) in [6.07, 6.45) is 0.928. The van der Waals surface area contributed by atoms with E-state index < -0.39 is 12.2 Å². The van der Waals surface area contributed by atoms with Crippen LogP contribution in [0.4, 0.5) is 0 Å². The van der Waals surface area contributed by atoms with Crippen LogP contribution in [-0.4, -0.2) is 29.0 Å². The van der Waals surface area contributed by atoms with Gasteiger partial charge in [-0.15, -0.1) is 5.73 Å². The fourth-order valence-corrected chi connectivity index (χ4v) is 3.89. The molecule has 3 N–H and O–H groups in total. The minimum Gasteiger partial charge on any atom is -0.504 e. The Morgan fingerprint density at radius 3 is 2.30 bits per heavy atom. The number of aliphatic hydroxyl groups is 2. The molecule has 0 amide bonds.